The molecule has 0 radical (unpaired) electrons. The van der Waals surface area contributed by atoms with Gasteiger partial charge < -0.3 is 24.6 Å². The first-order valence-corrected chi connectivity index (χ1v) is 10.2. The fourth-order valence-corrected chi connectivity index (χ4v) is 3.56. The second-order valence-electron chi connectivity index (χ2n) is 7.58. The van der Waals surface area contributed by atoms with Crippen molar-refractivity contribution in [1.82, 2.24) is 20.2 Å². The van der Waals surface area contributed by atoms with E-state index in [0.29, 0.717) is 54.8 Å². The van der Waals surface area contributed by atoms with Crippen molar-refractivity contribution in [3.63, 3.8) is 0 Å². The maximum atomic E-state index is 13.0. The summed E-state index contributed by atoms with van der Waals surface area (Å²) in [4.78, 5) is 38.3. The summed E-state index contributed by atoms with van der Waals surface area (Å²) in [6.45, 7) is 1.89. The first-order valence-electron chi connectivity index (χ1n) is 10.2. The minimum atomic E-state index is -0.241. The van der Waals surface area contributed by atoms with Crippen LogP contribution >= 0.6 is 0 Å². The number of benzene rings is 1. The Morgan fingerprint density at radius 3 is 2.81 bits per heavy atom. The number of aromatic nitrogens is 2. The van der Waals surface area contributed by atoms with Crippen LogP contribution in [-0.4, -0.2) is 81.2 Å². The molecule has 9 heteroatoms. The summed E-state index contributed by atoms with van der Waals surface area (Å²) in [5.74, 6) is 0.813. The molecule has 0 bridgehead atoms. The highest BCUT2D eigenvalue weighted by molar-refractivity contribution is 5.96. The van der Waals surface area contributed by atoms with E-state index in [2.05, 4.69) is 15.3 Å². The second-order valence-corrected chi connectivity index (χ2v) is 7.58. The van der Waals surface area contributed by atoms with Crippen LogP contribution in [0.25, 0.3) is 0 Å². The van der Waals surface area contributed by atoms with Gasteiger partial charge in [-0.3, -0.25) is 9.59 Å². The minimum absolute atomic E-state index is 0.0561. The highest BCUT2D eigenvalue weighted by atomic mass is 16.5. The molecular formula is C22H29N5O4. The Morgan fingerprint density at radius 2 is 2.10 bits per heavy atom. The third-order valence-electron chi connectivity index (χ3n) is 5.22. The summed E-state index contributed by atoms with van der Waals surface area (Å²) >= 11 is 0. The number of rotatable bonds is 8. The second kappa shape index (κ2) is 10.2. The van der Waals surface area contributed by atoms with Gasteiger partial charge in [0.1, 0.15) is 5.75 Å². The van der Waals surface area contributed by atoms with Crippen LogP contribution in [-0.2, 0) is 4.74 Å². The summed E-state index contributed by atoms with van der Waals surface area (Å²) in [5.41, 5.74) is 1.67. The van der Waals surface area contributed by atoms with Crippen LogP contribution in [0.1, 0.15) is 38.7 Å². The van der Waals surface area contributed by atoms with Crippen molar-refractivity contribution in [3.8, 4) is 5.75 Å². The zero-order chi connectivity index (χ0) is 22.4. The van der Waals surface area contributed by atoms with Crippen molar-refractivity contribution in [1.29, 1.82) is 0 Å². The summed E-state index contributed by atoms with van der Waals surface area (Å²) in [7, 11) is 6.86. The molecule has 1 saturated heterocycles. The Hall–Kier alpha value is -3.20. The summed E-state index contributed by atoms with van der Waals surface area (Å²) < 4.78 is 10.2. The van der Waals surface area contributed by atoms with Crippen LogP contribution in [0.4, 0.5) is 5.95 Å². The van der Waals surface area contributed by atoms with E-state index in [-0.39, 0.29) is 17.7 Å². The van der Waals surface area contributed by atoms with Gasteiger partial charge in [-0.15, -0.1) is 0 Å². The first-order chi connectivity index (χ1) is 14.9. The van der Waals surface area contributed by atoms with Crippen LogP contribution in [0.3, 0.4) is 0 Å². The van der Waals surface area contributed by atoms with E-state index in [1.54, 1.807) is 48.4 Å². The largest absolute Gasteiger partial charge is 0.497 e. The third kappa shape index (κ3) is 5.29. The van der Waals surface area contributed by atoms with Crippen molar-refractivity contribution < 1.29 is 19.1 Å². The van der Waals surface area contributed by atoms with E-state index >= 15 is 0 Å². The van der Waals surface area contributed by atoms with Crippen LogP contribution in [0.5, 0.6) is 5.75 Å². The normalized spacial score (nSPS) is 15.6. The highest BCUT2D eigenvalue weighted by Crippen LogP contribution is 2.30. The predicted octanol–water partition coefficient (Wildman–Crippen LogP) is 1.56. The van der Waals surface area contributed by atoms with Crippen LogP contribution < -0.4 is 15.0 Å². The Balaban J connectivity index is 1.81. The Bertz CT molecular complexity index is 934. The quantitative estimate of drug-likeness (QED) is 0.639. The molecule has 9 nitrogen and oxygen atoms in total. The number of ether oxygens (including phenoxy) is 2. The fraction of sp³-hybridized carbons (Fsp3) is 0.455. The number of anilines is 1. The topological polar surface area (TPSA) is 96.9 Å². The smallest absolute Gasteiger partial charge is 0.254 e. The van der Waals surface area contributed by atoms with Gasteiger partial charge in [0.25, 0.3) is 11.8 Å². The number of methoxy groups -OCH3 is 2. The molecule has 1 fully saturated rings. The lowest BCUT2D eigenvalue weighted by Crippen LogP contribution is -2.31. The predicted molar refractivity (Wildman–Crippen MR) is 117 cm³/mol. The molecule has 1 atom stereocenters. The van der Waals surface area contributed by atoms with E-state index in [0.717, 1.165) is 6.42 Å². The molecule has 1 aromatic carbocycles. The number of likely N-dealkylation sites (tertiary alicyclic amines) is 1. The van der Waals surface area contributed by atoms with E-state index in [4.69, 9.17) is 9.47 Å². The van der Waals surface area contributed by atoms with Gasteiger partial charge in [-0.05, 0) is 24.6 Å². The molecule has 3 rings (SSSR count). The maximum absolute atomic E-state index is 13.0. The van der Waals surface area contributed by atoms with Crippen molar-refractivity contribution in [2.24, 2.45) is 0 Å². The lowest BCUT2D eigenvalue weighted by atomic mass is 9.99. The maximum Gasteiger partial charge on any atom is 0.254 e. The summed E-state index contributed by atoms with van der Waals surface area (Å²) in [5, 5.41) is 2.83. The number of nitrogens with zero attached hydrogens (tertiary/aromatic N) is 4. The average Bonchev–Trinajstić information content (AvgIpc) is 3.28. The van der Waals surface area contributed by atoms with E-state index in [1.807, 2.05) is 20.2 Å². The molecule has 1 aromatic heterocycles. The molecule has 2 aromatic rings. The minimum Gasteiger partial charge on any atom is -0.497 e. The summed E-state index contributed by atoms with van der Waals surface area (Å²) in [6.07, 6.45) is 2.28. The number of hydrogen-bond acceptors (Lipinski definition) is 7. The van der Waals surface area contributed by atoms with E-state index < -0.39 is 0 Å². The molecule has 1 aliphatic heterocycles. The Labute approximate surface area is 182 Å². The zero-order valence-corrected chi connectivity index (χ0v) is 18.4. The summed E-state index contributed by atoms with van der Waals surface area (Å²) in [6, 6.07) is 7.12. The van der Waals surface area contributed by atoms with Crippen molar-refractivity contribution >= 4 is 17.8 Å². The monoisotopic (exact) mass is 427 g/mol. The SMILES string of the molecule is COCCNC(=O)c1cnc(N(C)C)nc1C1CCN(C(=O)c2cccc(OC)c2)C1. The Morgan fingerprint density at radius 1 is 1.29 bits per heavy atom. The number of carbonyl (C=O) groups excluding carboxylic acids is 2. The van der Waals surface area contributed by atoms with Crippen molar-refractivity contribution in [2.45, 2.75) is 12.3 Å². The molecule has 166 valence electrons. The lowest BCUT2D eigenvalue weighted by molar-refractivity contribution is 0.0790. The van der Waals surface area contributed by atoms with Crippen molar-refractivity contribution in [3.05, 3.63) is 47.3 Å². The Kier molecular flexibility index (Phi) is 7.41. The van der Waals surface area contributed by atoms with E-state index in [9.17, 15) is 9.59 Å². The highest BCUT2D eigenvalue weighted by Gasteiger charge is 2.32. The van der Waals surface area contributed by atoms with Crippen molar-refractivity contribution in [2.75, 3.05) is 59.5 Å². The van der Waals surface area contributed by atoms with Crippen LogP contribution in [0, 0.1) is 0 Å². The van der Waals surface area contributed by atoms with Gasteiger partial charge >= 0.3 is 0 Å². The molecule has 1 unspecified atom stereocenters. The first kappa shape index (κ1) is 22.5. The van der Waals surface area contributed by atoms with Gasteiger partial charge in [-0.1, -0.05) is 6.07 Å². The molecule has 2 heterocycles. The van der Waals surface area contributed by atoms with Gasteiger partial charge in [0.05, 0.1) is 25.0 Å². The molecular weight excluding hydrogens is 398 g/mol. The average molecular weight is 428 g/mol. The van der Waals surface area contributed by atoms with Crippen LogP contribution in [0.15, 0.2) is 30.5 Å². The number of amides is 2. The van der Waals surface area contributed by atoms with Gasteiger partial charge in [0.15, 0.2) is 0 Å². The molecule has 0 spiro atoms. The van der Waals surface area contributed by atoms with Gasteiger partial charge in [-0.2, -0.15) is 0 Å². The number of carbonyl (C=O) groups is 2. The molecule has 0 saturated carbocycles. The standard InChI is InChI=1S/C22H29N5O4/c1-26(2)22-24-13-18(20(28)23-9-11-30-3)19(25-22)16-8-10-27(14-16)21(29)15-6-5-7-17(12-15)31-4/h5-7,12-13,16H,8-11,14H2,1-4H3,(H,23,28). The number of hydrogen-bond donors (Lipinski definition) is 1. The third-order valence-corrected chi connectivity index (χ3v) is 5.22. The van der Waals surface area contributed by atoms with E-state index in [1.165, 1.54) is 0 Å². The fourth-order valence-electron chi connectivity index (χ4n) is 3.56. The lowest BCUT2D eigenvalue weighted by Gasteiger charge is -2.19. The molecule has 0 aliphatic carbocycles. The molecule has 2 amide bonds. The van der Waals surface area contributed by atoms with Crippen LogP contribution in [0.2, 0.25) is 0 Å². The zero-order valence-electron chi connectivity index (χ0n) is 18.4. The molecule has 31 heavy (non-hydrogen) atoms. The molecule has 1 aliphatic rings. The number of nitrogens with one attached hydrogen (secondary N) is 1. The van der Waals surface area contributed by atoms with Gasteiger partial charge in [-0.25, -0.2) is 9.97 Å². The van der Waals surface area contributed by atoms with Gasteiger partial charge in [0, 0.05) is 58.5 Å². The molecule has 1 N–H and O–H groups in total. The van der Waals surface area contributed by atoms with Gasteiger partial charge in [0.2, 0.25) is 5.95 Å².